The highest BCUT2D eigenvalue weighted by Crippen LogP contribution is 2.31. The molecule has 0 N–H and O–H groups in total. The first-order chi connectivity index (χ1) is 17.6. The van der Waals surface area contributed by atoms with Gasteiger partial charge in [-0.2, -0.15) is 0 Å². The fraction of sp³-hybridized carbons (Fsp3) is 1.00. The number of alkyl halides is 8. The Morgan fingerprint density at radius 2 is 0.667 bits per heavy atom. The average Bonchev–Trinajstić information content (AvgIpc) is 2.52. The molecular formula is C34H70F8. The zero-order valence-electron chi connectivity index (χ0n) is 31.0. The number of rotatable bonds is 4. The fourth-order valence-electron chi connectivity index (χ4n) is 3.40. The lowest BCUT2D eigenvalue weighted by molar-refractivity contribution is -0.0178. The zero-order valence-corrected chi connectivity index (χ0v) is 31.0. The van der Waals surface area contributed by atoms with Crippen molar-refractivity contribution < 1.29 is 35.1 Å². The van der Waals surface area contributed by atoms with E-state index in [-0.39, 0.29) is 34.5 Å². The highest BCUT2D eigenvalue weighted by atomic mass is 19.3. The van der Waals surface area contributed by atoms with Gasteiger partial charge in [0.15, 0.2) is 0 Å². The molecule has 0 nitrogen and oxygen atoms in total. The van der Waals surface area contributed by atoms with Gasteiger partial charge in [-0.3, -0.25) is 0 Å². The molecule has 0 spiro atoms. The number of hydrogen-bond donors (Lipinski definition) is 0. The first kappa shape index (κ1) is 51.0. The van der Waals surface area contributed by atoms with Crippen molar-refractivity contribution >= 4 is 0 Å². The first-order valence-electron chi connectivity index (χ1n) is 14.9. The van der Waals surface area contributed by atoms with E-state index in [1.54, 1.807) is 34.6 Å². The molecule has 0 fully saturated rings. The Hall–Kier alpha value is -0.560. The predicted octanol–water partition coefficient (Wildman–Crippen LogP) is 14.1. The van der Waals surface area contributed by atoms with Crippen LogP contribution in [0.2, 0.25) is 0 Å². The zero-order chi connectivity index (χ0) is 35.9. The highest BCUT2D eigenvalue weighted by molar-refractivity contribution is 4.77. The minimum atomic E-state index is -2.52. The Morgan fingerprint density at radius 3 is 0.667 bits per heavy atom. The Kier molecular flexibility index (Phi) is 24.0. The molecule has 4 atom stereocenters. The van der Waals surface area contributed by atoms with Crippen LogP contribution in [0.3, 0.4) is 0 Å². The summed E-state index contributed by atoms with van der Waals surface area (Å²) >= 11 is 0. The summed E-state index contributed by atoms with van der Waals surface area (Å²) in [7, 11) is 0. The summed E-state index contributed by atoms with van der Waals surface area (Å²) in [5.41, 5.74) is -1.11. The monoisotopic (exact) mass is 631 g/mol. The second kappa shape index (κ2) is 19.7. The summed E-state index contributed by atoms with van der Waals surface area (Å²) in [4.78, 5) is 0. The van der Waals surface area contributed by atoms with Crippen molar-refractivity contribution in [3.63, 3.8) is 0 Å². The van der Waals surface area contributed by atoms with Gasteiger partial charge in [0.1, 0.15) is 18.5 Å². The van der Waals surface area contributed by atoms with Crippen LogP contribution in [0.1, 0.15) is 158 Å². The molecule has 0 aromatic carbocycles. The molecule has 0 aliphatic heterocycles. The van der Waals surface area contributed by atoms with Crippen LogP contribution in [-0.4, -0.2) is 36.5 Å². The molecule has 8 heteroatoms. The fourth-order valence-corrected chi connectivity index (χ4v) is 3.40. The molecule has 0 heterocycles. The van der Waals surface area contributed by atoms with Gasteiger partial charge in [-0.1, -0.05) is 104 Å². The van der Waals surface area contributed by atoms with Gasteiger partial charge in [-0.25, -0.2) is 35.1 Å². The molecule has 262 valence electrons. The Labute approximate surface area is 256 Å². The largest absolute Gasteiger partial charge is 0.248 e. The van der Waals surface area contributed by atoms with Crippen LogP contribution in [0.5, 0.6) is 0 Å². The van der Waals surface area contributed by atoms with Gasteiger partial charge >= 0.3 is 0 Å². The summed E-state index contributed by atoms with van der Waals surface area (Å²) < 4.78 is 98.2. The minimum absolute atomic E-state index is 0.0417. The van der Waals surface area contributed by atoms with Gasteiger partial charge in [-0.05, 0) is 68.1 Å². The molecule has 0 aliphatic rings. The van der Waals surface area contributed by atoms with Crippen molar-refractivity contribution in [1.29, 1.82) is 0 Å². The van der Waals surface area contributed by atoms with E-state index < -0.39 is 41.9 Å². The van der Waals surface area contributed by atoms with Crippen LogP contribution in [-0.2, 0) is 0 Å². The lowest BCUT2D eigenvalue weighted by Gasteiger charge is -2.24. The summed E-state index contributed by atoms with van der Waals surface area (Å²) in [6.45, 7) is 34.1. The van der Waals surface area contributed by atoms with Gasteiger partial charge in [0.2, 0.25) is 11.8 Å². The lowest BCUT2D eigenvalue weighted by Crippen LogP contribution is -2.29. The van der Waals surface area contributed by atoms with Crippen molar-refractivity contribution in [2.24, 2.45) is 27.1 Å². The van der Waals surface area contributed by atoms with Gasteiger partial charge < -0.3 is 0 Å². The topological polar surface area (TPSA) is 0 Å². The van der Waals surface area contributed by atoms with E-state index >= 15 is 0 Å². The van der Waals surface area contributed by atoms with E-state index in [9.17, 15) is 35.1 Å². The van der Waals surface area contributed by atoms with Gasteiger partial charge in [-0.15, -0.1) is 0 Å². The second-order valence-corrected chi connectivity index (χ2v) is 17.6. The lowest BCUT2D eigenvalue weighted by atomic mass is 9.88. The maximum Gasteiger partial charge on any atom is 0.245 e. The minimum Gasteiger partial charge on any atom is -0.248 e. The highest BCUT2D eigenvalue weighted by Gasteiger charge is 2.30. The Bertz CT molecular complexity index is 572. The van der Waals surface area contributed by atoms with E-state index in [1.807, 2.05) is 83.1 Å². The summed E-state index contributed by atoms with van der Waals surface area (Å²) in [6, 6.07) is 0. The van der Waals surface area contributed by atoms with Crippen LogP contribution in [0.15, 0.2) is 0 Å². The molecule has 0 amide bonds. The quantitative estimate of drug-likeness (QED) is 0.271. The molecule has 42 heavy (non-hydrogen) atoms. The molecule has 0 aromatic rings. The van der Waals surface area contributed by atoms with Gasteiger partial charge in [0.05, 0.1) is 6.17 Å². The normalized spacial score (nSPS) is 16.0. The smallest absolute Gasteiger partial charge is 0.245 e. The summed E-state index contributed by atoms with van der Waals surface area (Å²) in [5, 5.41) is 0. The van der Waals surface area contributed by atoms with Crippen molar-refractivity contribution in [1.82, 2.24) is 0 Å². The predicted molar refractivity (Wildman–Crippen MR) is 169 cm³/mol. The SMILES string of the molecule is CC(C)(C)CC(C)(F)F.CC(C)(C)CC(C)(F)F.CC(F)C(C)(C)C.CC(F)C(F)C(C)(C)C.CC(F)CC(C)(C)C. The molecule has 0 aromatic heterocycles. The molecule has 0 saturated carbocycles. The molecule has 0 rings (SSSR count). The van der Waals surface area contributed by atoms with Crippen molar-refractivity contribution in [2.75, 3.05) is 0 Å². The maximum absolute atomic E-state index is 12.7. The third-order valence-electron chi connectivity index (χ3n) is 5.00. The van der Waals surface area contributed by atoms with Gasteiger partial charge in [0.25, 0.3) is 0 Å². The maximum atomic E-state index is 12.7. The molecule has 0 aliphatic carbocycles. The van der Waals surface area contributed by atoms with Crippen molar-refractivity contribution in [3.8, 4) is 0 Å². The molecular weight excluding hydrogens is 560 g/mol. The van der Waals surface area contributed by atoms with Gasteiger partial charge in [0, 0.05) is 12.8 Å². The standard InChI is InChI=1S/3C7H14F2.C7H15F.C6H13F/c2*1-6(2,3)5-7(4,8)9;1-5(8)6(9)7(2,3)4;1-6(8)5-7(2,3)4;1-5(7)6(2,3)4/h2*5H2,1-4H3;5-6H,1-4H3;6H,5H2,1-4H3;5H,1-4H3. The Morgan fingerprint density at radius 1 is 0.429 bits per heavy atom. The third kappa shape index (κ3) is 55.4. The average molecular weight is 631 g/mol. The second-order valence-electron chi connectivity index (χ2n) is 17.6. The molecule has 0 radical (unpaired) electrons. The first-order valence-corrected chi connectivity index (χ1v) is 14.9. The summed E-state index contributed by atoms with van der Waals surface area (Å²) in [6.07, 6.45) is -3.49. The van der Waals surface area contributed by atoms with Crippen LogP contribution in [0.4, 0.5) is 35.1 Å². The van der Waals surface area contributed by atoms with E-state index in [4.69, 9.17) is 0 Å². The van der Waals surface area contributed by atoms with Crippen molar-refractivity contribution in [3.05, 3.63) is 0 Å². The van der Waals surface area contributed by atoms with E-state index in [1.165, 1.54) is 6.92 Å². The van der Waals surface area contributed by atoms with Crippen LogP contribution in [0, 0.1) is 27.1 Å². The van der Waals surface area contributed by atoms with E-state index in [0.29, 0.717) is 6.42 Å². The number of hydrogen-bond acceptors (Lipinski definition) is 0. The van der Waals surface area contributed by atoms with Crippen LogP contribution >= 0.6 is 0 Å². The Balaban J connectivity index is -0.000000136. The van der Waals surface area contributed by atoms with E-state index in [2.05, 4.69) is 0 Å². The third-order valence-corrected chi connectivity index (χ3v) is 5.00. The number of halogens is 8. The molecule has 0 saturated heterocycles. The van der Waals surface area contributed by atoms with Crippen LogP contribution in [0.25, 0.3) is 0 Å². The molecule has 4 unspecified atom stereocenters. The molecule has 0 bridgehead atoms. The van der Waals surface area contributed by atoms with Crippen LogP contribution < -0.4 is 0 Å². The van der Waals surface area contributed by atoms with E-state index in [0.717, 1.165) is 13.8 Å². The van der Waals surface area contributed by atoms with Crippen molar-refractivity contribution in [2.45, 2.75) is 194 Å². The summed E-state index contributed by atoms with van der Waals surface area (Å²) in [5.74, 6) is -5.03.